The molecule has 0 spiro atoms. The van der Waals surface area contributed by atoms with Crippen LogP contribution in [0.4, 0.5) is 17.3 Å². The summed E-state index contributed by atoms with van der Waals surface area (Å²) in [6.45, 7) is 7.99. The number of rotatable bonds is 2. The third-order valence-electron chi connectivity index (χ3n) is 7.39. The van der Waals surface area contributed by atoms with E-state index in [0.29, 0.717) is 0 Å². The minimum absolute atomic E-state index is 0.0121. The SMILES string of the molecule is CC[C@H]1c2cc3nc(N4CCCC4)cc(n3n2)N(C)CCCCNc2ccc(C)cc2C(=O)N1C. The predicted octanol–water partition coefficient (Wildman–Crippen LogP) is 4.50. The summed E-state index contributed by atoms with van der Waals surface area (Å²) >= 11 is 0. The van der Waals surface area contributed by atoms with Gasteiger partial charge in [-0.1, -0.05) is 18.6 Å². The van der Waals surface area contributed by atoms with Crippen molar-refractivity contribution in [1.29, 1.82) is 0 Å². The molecule has 8 nitrogen and oxygen atoms in total. The van der Waals surface area contributed by atoms with Crippen LogP contribution in [0, 0.1) is 6.92 Å². The fourth-order valence-corrected chi connectivity index (χ4v) is 5.32. The van der Waals surface area contributed by atoms with E-state index in [1.807, 2.05) is 35.5 Å². The number of nitrogens with one attached hydrogen (secondary N) is 1. The Bertz CT molecular complexity index is 1210. The van der Waals surface area contributed by atoms with E-state index in [1.54, 1.807) is 0 Å². The van der Waals surface area contributed by atoms with Crippen LogP contribution in [0.25, 0.3) is 5.65 Å². The van der Waals surface area contributed by atoms with E-state index in [9.17, 15) is 4.79 Å². The Hall–Kier alpha value is -3.29. The van der Waals surface area contributed by atoms with Gasteiger partial charge < -0.3 is 20.0 Å². The highest BCUT2D eigenvalue weighted by atomic mass is 16.2. The van der Waals surface area contributed by atoms with Crippen LogP contribution < -0.4 is 15.1 Å². The maximum atomic E-state index is 13.7. The van der Waals surface area contributed by atoms with Gasteiger partial charge in [0.2, 0.25) is 0 Å². The van der Waals surface area contributed by atoms with Crippen molar-refractivity contribution in [2.75, 3.05) is 55.4 Å². The van der Waals surface area contributed by atoms with Gasteiger partial charge in [0.1, 0.15) is 11.6 Å². The van der Waals surface area contributed by atoms with E-state index in [4.69, 9.17) is 10.1 Å². The zero-order chi connectivity index (χ0) is 24.5. The number of fused-ring (bicyclic) bond motifs is 2. The molecule has 0 radical (unpaired) electrons. The third-order valence-corrected chi connectivity index (χ3v) is 7.39. The quantitative estimate of drug-likeness (QED) is 0.589. The Morgan fingerprint density at radius 3 is 2.57 bits per heavy atom. The average molecular weight is 476 g/mol. The maximum absolute atomic E-state index is 13.7. The lowest BCUT2D eigenvalue weighted by Crippen LogP contribution is -2.32. The minimum atomic E-state index is -0.143. The molecule has 3 aromatic rings. The zero-order valence-electron chi connectivity index (χ0n) is 21.4. The first kappa shape index (κ1) is 23.5. The summed E-state index contributed by atoms with van der Waals surface area (Å²) in [5, 5.41) is 8.54. The number of anilines is 3. The number of benzene rings is 1. The maximum Gasteiger partial charge on any atom is 0.256 e. The molecule has 8 heteroatoms. The summed E-state index contributed by atoms with van der Waals surface area (Å²) in [5.74, 6) is 2.08. The molecule has 0 aliphatic carbocycles. The number of hydrogen-bond donors (Lipinski definition) is 1. The van der Waals surface area contributed by atoms with Crippen molar-refractivity contribution >= 4 is 28.9 Å². The summed E-state index contributed by atoms with van der Waals surface area (Å²) < 4.78 is 1.96. The molecule has 1 saturated heterocycles. The van der Waals surface area contributed by atoms with Crippen LogP contribution in [0.5, 0.6) is 0 Å². The molecule has 2 bridgehead atoms. The van der Waals surface area contributed by atoms with Crippen molar-refractivity contribution in [3.63, 3.8) is 0 Å². The molecular weight excluding hydrogens is 438 g/mol. The van der Waals surface area contributed by atoms with Crippen LogP contribution in [0.3, 0.4) is 0 Å². The lowest BCUT2D eigenvalue weighted by molar-refractivity contribution is 0.0723. The number of aryl methyl sites for hydroxylation is 1. The summed E-state index contributed by atoms with van der Waals surface area (Å²) in [5.41, 5.74) is 4.42. The second-order valence-electron chi connectivity index (χ2n) is 9.95. The predicted molar refractivity (Wildman–Crippen MR) is 142 cm³/mol. The van der Waals surface area contributed by atoms with Gasteiger partial charge in [0.05, 0.1) is 17.3 Å². The Morgan fingerprint density at radius 2 is 1.80 bits per heavy atom. The van der Waals surface area contributed by atoms with Crippen LogP contribution in [-0.2, 0) is 0 Å². The van der Waals surface area contributed by atoms with Crippen LogP contribution in [0.2, 0.25) is 0 Å². The van der Waals surface area contributed by atoms with E-state index in [0.717, 1.165) is 85.2 Å². The largest absolute Gasteiger partial charge is 0.384 e. The molecule has 0 unspecified atom stereocenters. The molecule has 5 rings (SSSR count). The second-order valence-corrected chi connectivity index (χ2v) is 9.95. The molecule has 2 aliphatic rings. The van der Waals surface area contributed by atoms with E-state index >= 15 is 0 Å². The van der Waals surface area contributed by atoms with Gasteiger partial charge in [-0.3, -0.25) is 4.79 Å². The van der Waals surface area contributed by atoms with Crippen LogP contribution in [0.15, 0.2) is 30.3 Å². The Balaban J connectivity index is 1.61. The second kappa shape index (κ2) is 9.76. The fourth-order valence-electron chi connectivity index (χ4n) is 5.32. The fraction of sp³-hybridized carbons (Fsp3) is 0.519. The van der Waals surface area contributed by atoms with Crippen LogP contribution >= 0.6 is 0 Å². The van der Waals surface area contributed by atoms with E-state index in [2.05, 4.69) is 47.3 Å². The number of amides is 1. The Morgan fingerprint density at radius 1 is 1.03 bits per heavy atom. The van der Waals surface area contributed by atoms with Gasteiger partial charge in [-0.25, -0.2) is 4.98 Å². The van der Waals surface area contributed by atoms with Gasteiger partial charge >= 0.3 is 0 Å². The van der Waals surface area contributed by atoms with Gasteiger partial charge in [-0.15, -0.1) is 0 Å². The number of hydrogen-bond acceptors (Lipinski definition) is 6. The monoisotopic (exact) mass is 475 g/mol. The first-order valence-corrected chi connectivity index (χ1v) is 12.9. The van der Waals surface area contributed by atoms with E-state index < -0.39 is 0 Å². The summed E-state index contributed by atoms with van der Waals surface area (Å²) in [7, 11) is 4.03. The summed E-state index contributed by atoms with van der Waals surface area (Å²) in [6, 6.07) is 10.2. The first-order chi connectivity index (χ1) is 17.0. The van der Waals surface area contributed by atoms with Gasteiger partial charge in [-0.2, -0.15) is 9.61 Å². The molecule has 1 atom stereocenters. The van der Waals surface area contributed by atoms with E-state index in [-0.39, 0.29) is 11.9 Å². The molecule has 4 heterocycles. The van der Waals surface area contributed by atoms with Crippen LogP contribution in [0.1, 0.15) is 66.7 Å². The first-order valence-electron chi connectivity index (χ1n) is 12.9. The highest BCUT2D eigenvalue weighted by molar-refractivity contribution is 6.00. The smallest absolute Gasteiger partial charge is 0.256 e. The number of aromatic nitrogens is 3. The lowest BCUT2D eigenvalue weighted by atomic mass is 10.0. The van der Waals surface area contributed by atoms with Crippen molar-refractivity contribution in [3.8, 4) is 0 Å². The highest BCUT2D eigenvalue weighted by Gasteiger charge is 2.27. The topological polar surface area (TPSA) is 69.0 Å². The van der Waals surface area contributed by atoms with Crippen molar-refractivity contribution in [2.45, 2.75) is 52.0 Å². The summed E-state index contributed by atoms with van der Waals surface area (Å²) in [6.07, 6.45) is 5.23. The molecule has 1 fully saturated rings. The van der Waals surface area contributed by atoms with Crippen molar-refractivity contribution < 1.29 is 4.79 Å². The zero-order valence-corrected chi connectivity index (χ0v) is 21.4. The normalized spacial score (nSPS) is 19.6. The molecular formula is C27H37N7O. The van der Waals surface area contributed by atoms with Gasteiger partial charge in [0.15, 0.2) is 5.65 Å². The molecule has 1 amide bonds. The van der Waals surface area contributed by atoms with Crippen LogP contribution in [-0.4, -0.2) is 65.7 Å². The lowest BCUT2D eigenvalue weighted by Gasteiger charge is -2.27. The van der Waals surface area contributed by atoms with Gasteiger partial charge in [-0.05, 0) is 51.2 Å². The van der Waals surface area contributed by atoms with Crippen molar-refractivity contribution in [3.05, 3.63) is 47.2 Å². The molecule has 1 N–H and O–H groups in total. The number of nitrogens with zero attached hydrogens (tertiary/aromatic N) is 6. The highest BCUT2D eigenvalue weighted by Crippen LogP contribution is 2.31. The molecule has 1 aromatic carbocycles. The third kappa shape index (κ3) is 4.54. The molecule has 2 aliphatic heterocycles. The number of carbonyl (C=O) groups excluding carboxylic acids is 1. The molecule has 186 valence electrons. The average Bonchev–Trinajstić information content (AvgIpc) is 3.53. The molecule has 35 heavy (non-hydrogen) atoms. The number of carbonyl (C=O) groups is 1. The molecule has 0 saturated carbocycles. The van der Waals surface area contributed by atoms with Gasteiger partial charge in [0, 0.05) is 58.1 Å². The van der Waals surface area contributed by atoms with Crippen molar-refractivity contribution in [2.24, 2.45) is 0 Å². The minimum Gasteiger partial charge on any atom is -0.384 e. The van der Waals surface area contributed by atoms with Gasteiger partial charge in [0.25, 0.3) is 5.91 Å². The van der Waals surface area contributed by atoms with Crippen molar-refractivity contribution in [1.82, 2.24) is 19.5 Å². The Kier molecular flexibility index (Phi) is 6.54. The molecule has 2 aromatic heterocycles. The summed E-state index contributed by atoms with van der Waals surface area (Å²) in [4.78, 5) is 25.2. The Labute approximate surface area is 207 Å². The standard InChI is InChI=1S/C27H37N7O/c1-5-23-22-17-25-29-24(33-14-8-9-15-33)18-26(34(25)30-22)31(3)13-7-6-12-28-21-11-10-19(2)16-20(21)27(35)32(23)4/h10-11,16-18,23,28H,5-9,12-15H2,1-4H3/t23-/m0/s1. The van der Waals surface area contributed by atoms with E-state index in [1.165, 1.54) is 12.8 Å².